The van der Waals surface area contributed by atoms with Crippen LogP contribution < -0.4 is 4.72 Å². The van der Waals surface area contributed by atoms with Crippen molar-refractivity contribution < 1.29 is 22.0 Å². The Bertz CT molecular complexity index is 674. The molecule has 0 bridgehead atoms. The van der Waals surface area contributed by atoms with Gasteiger partial charge in [-0.2, -0.15) is 0 Å². The number of hydrogen-bond donors (Lipinski definition) is 1. The zero-order valence-corrected chi connectivity index (χ0v) is 15.1. The molecule has 0 saturated heterocycles. The van der Waals surface area contributed by atoms with Gasteiger partial charge in [-0.25, -0.2) is 21.9 Å². The molecule has 1 N–H and O–H groups in total. The highest BCUT2D eigenvalue weighted by molar-refractivity contribution is 7.89. The first-order valence-electron chi connectivity index (χ1n) is 8.49. The molecule has 1 saturated carbocycles. The quantitative estimate of drug-likeness (QED) is 0.684. The van der Waals surface area contributed by atoms with Gasteiger partial charge in [0.2, 0.25) is 15.9 Å². The van der Waals surface area contributed by atoms with E-state index in [4.69, 9.17) is 0 Å². The lowest BCUT2D eigenvalue weighted by Crippen LogP contribution is -2.35. The number of aryl methyl sites for hydroxylation is 1. The highest BCUT2D eigenvalue weighted by Crippen LogP contribution is 2.22. The Morgan fingerprint density at radius 1 is 1.28 bits per heavy atom. The lowest BCUT2D eigenvalue weighted by Gasteiger charge is -2.21. The maximum absolute atomic E-state index is 12.5. The second-order valence-electron chi connectivity index (χ2n) is 6.27. The van der Waals surface area contributed by atoms with Gasteiger partial charge in [0.15, 0.2) is 0 Å². The molecule has 1 fully saturated rings. The maximum atomic E-state index is 12.5. The van der Waals surface area contributed by atoms with Gasteiger partial charge in [-0.1, -0.05) is 19.1 Å². The Morgan fingerprint density at radius 2 is 1.92 bits per heavy atom. The number of hydrogen-bond acceptors (Lipinski definition) is 3. The topological polar surface area (TPSA) is 66.5 Å². The van der Waals surface area contributed by atoms with Crippen LogP contribution in [0.4, 0.5) is 8.78 Å². The van der Waals surface area contributed by atoms with Crippen molar-refractivity contribution in [2.24, 2.45) is 0 Å². The maximum Gasteiger partial charge on any atom is 0.255 e. The molecule has 0 unspecified atom stereocenters. The summed E-state index contributed by atoms with van der Waals surface area (Å²) in [5.74, 6) is -0.311. The Kier molecular flexibility index (Phi) is 6.89. The number of benzene rings is 1. The molecule has 1 amide bonds. The molecule has 2 rings (SSSR count). The van der Waals surface area contributed by atoms with Gasteiger partial charge in [0.25, 0.3) is 6.43 Å². The molecule has 25 heavy (non-hydrogen) atoms. The molecule has 1 aliphatic carbocycles. The molecular weight excluding hydrogens is 350 g/mol. The Hall–Kier alpha value is -1.54. The van der Waals surface area contributed by atoms with E-state index in [-0.39, 0.29) is 23.3 Å². The lowest BCUT2D eigenvalue weighted by molar-refractivity contribution is -0.133. The van der Waals surface area contributed by atoms with Crippen LogP contribution in [0.25, 0.3) is 0 Å². The highest BCUT2D eigenvalue weighted by Gasteiger charge is 2.27. The zero-order valence-electron chi connectivity index (χ0n) is 14.2. The summed E-state index contributed by atoms with van der Waals surface area (Å²) in [5.41, 5.74) is 0.798. The molecule has 0 spiro atoms. The van der Waals surface area contributed by atoms with E-state index in [1.165, 1.54) is 17.0 Å². The van der Waals surface area contributed by atoms with Crippen molar-refractivity contribution in [3.63, 3.8) is 0 Å². The van der Waals surface area contributed by atoms with E-state index in [9.17, 15) is 22.0 Å². The summed E-state index contributed by atoms with van der Waals surface area (Å²) in [5, 5.41) is 0. The number of halogens is 2. The van der Waals surface area contributed by atoms with Crippen molar-refractivity contribution in [1.29, 1.82) is 0 Å². The van der Waals surface area contributed by atoms with Crippen LogP contribution in [0, 0.1) is 0 Å². The number of carbonyl (C=O) groups excluding carboxylic acids is 1. The molecule has 140 valence electrons. The van der Waals surface area contributed by atoms with Crippen LogP contribution in [-0.2, 0) is 21.2 Å². The molecule has 8 heteroatoms. The fraction of sp³-hybridized carbons (Fsp3) is 0.588. The summed E-state index contributed by atoms with van der Waals surface area (Å²) < 4.78 is 51.8. The van der Waals surface area contributed by atoms with Crippen LogP contribution in [0.15, 0.2) is 29.2 Å². The Labute approximate surface area is 147 Å². The minimum absolute atomic E-state index is 0.0432. The zero-order chi connectivity index (χ0) is 18.4. The number of rotatable bonds is 10. The third-order valence-electron chi connectivity index (χ3n) is 3.96. The van der Waals surface area contributed by atoms with E-state index < -0.39 is 23.0 Å². The third kappa shape index (κ3) is 6.36. The second-order valence-corrected chi connectivity index (χ2v) is 7.98. The molecule has 0 aliphatic heterocycles. The predicted molar refractivity (Wildman–Crippen MR) is 91.0 cm³/mol. The normalized spacial score (nSPS) is 14.7. The smallest absolute Gasteiger partial charge is 0.255 e. The Morgan fingerprint density at radius 3 is 2.44 bits per heavy atom. The predicted octanol–water partition coefficient (Wildman–Crippen LogP) is 2.56. The molecule has 0 heterocycles. The molecule has 1 aliphatic rings. The van der Waals surface area contributed by atoms with Crippen LogP contribution in [0.1, 0.15) is 38.2 Å². The molecule has 0 atom stereocenters. The van der Waals surface area contributed by atoms with Gasteiger partial charge in [0, 0.05) is 19.0 Å². The number of sulfonamides is 1. The highest BCUT2D eigenvalue weighted by atomic mass is 32.2. The van der Waals surface area contributed by atoms with Crippen molar-refractivity contribution in [1.82, 2.24) is 9.62 Å². The van der Waals surface area contributed by atoms with E-state index >= 15 is 0 Å². The fourth-order valence-corrected chi connectivity index (χ4v) is 3.79. The van der Waals surface area contributed by atoms with Crippen LogP contribution in [-0.4, -0.2) is 44.8 Å². The lowest BCUT2D eigenvalue weighted by atomic mass is 10.1. The summed E-state index contributed by atoms with van der Waals surface area (Å²) in [4.78, 5) is 13.5. The number of carbonyl (C=O) groups is 1. The van der Waals surface area contributed by atoms with Crippen molar-refractivity contribution in [2.45, 2.75) is 56.4 Å². The summed E-state index contributed by atoms with van der Waals surface area (Å²) in [6.07, 6.45) is 0.328. The van der Waals surface area contributed by atoms with Gasteiger partial charge < -0.3 is 4.90 Å². The number of nitrogens with one attached hydrogen (secondary N) is 1. The van der Waals surface area contributed by atoms with Gasteiger partial charge >= 0.3 is 0 Å². The molecule has 0 radical (unpaired) electrons. The van der Waals surface area contributed by atoms with Crippen LogP contribution >= 0.6 is 0 Å². The van der Waals surface area contributed by atoms with Gasteiger partial charge in [0.05, 0.1) is 11.4 Å². The van der Waals surface area contributed by atoms with Gasteiger partial charge in [-0.15, -0.1) is 0 Å². The molecule has 0 aromatic heterocycles. The first kappa shape index (κ1) is 19.8. The van der Waals surface area contributed by atoms with E-state index in [0.29, 0.717) is 19.4 Å². The van der Waals surface area contributed by atoms with Crippen molar-refractivity contribution in [3.05, 3.63) is 29.8 Å². The van der Waals surface area contributed by atoms with Crippen LogP contribution in [0.5, 0.6) is 0 Å². The van der Waals surface area contributed by atoms with Crippen LogP contribution in [0.2, 0.25) is 0 Å². The van der Waals surface area contributed by atoms with Gasteiger partial charge in [-0.3, -0.25) is 4.79 Å². The summed E-state index contributed by atoms with van der Waals surface area (Å²) in [6.45, 7) is 1.60. The standard InChI is InChI=1S/C17H24F2N2O3S/c1-2-11-21(12-16(18)19)17(22)10-5-13-3-8-15(9-4-13)25(23,24)20-14-6-7-14/h3-4,8-9,14,16,20H,2,5-7,10-12H2,1H3. The number of alkyl halides is 2. The first-order valence-corrected chi connectivity index (χ1v) is 9.97. The summed E-state index contributed by atoms with van der Waals surface area (Å²) in [6, 6.07) is 6.38. The van der Waals surface area contributed by atoms with Gasteiger partial charge in [0.1, 0.15) is 0 Å². The van der Waals surface area contributed by atoms with Crippen molar-refractivity contribution in [2.75, 3.05) is 13.1 Å². The largest absolute Gasteiger partial charge is 0.337 e. The number of nitrogens with zero attached hydrogens (tertiary/aromatic N) is 1. The molecule has 1 aromatic rings. The molecule has 1 aromatic carbocycles. The SMILES string of the molecule is CCCN(CC(F)F)C(=O)CCc1ccc(S(=O)(=O)NC2CC2)cc1. The third-order valence-corrected chi connectivity index (χ3v) is 5.50. The average Bonchev–Trinajstić information content (AvgIpc) is 3.35. The van der Waals surface area contributed by atoms with E-state index in [0.717, 1.165) is 18.4 Å². The number of amides is 1. The molecular formula is C17H24F2N2O3S. The monoisotopic (exact) mass is 374 g/mol. The van der Waals surface area contributed by atoms with Crippen molar-refractivity contribution >= 4 is 15.9 Å². The van der Waals surface area contributed by atoms with E-state index in [2.05, 4.69) is 4.72 Å². The second kappa shape index (κ2) is 8.71. The summed E-state index contributed by atoms with van der Waals surface area (Å²) in [7, 11) is -3.49. The minimum atomic E-state index is -3.49. The molecule has 5 nitrogen and oxygen atoms in total. The van der Waals surface area contributed by atoms with E-state index in [1.54, 1.807) is 12.1 Å². The summed E-state index contributed by atoms with van der Waals surface area (Å²) >= 11 is 0. The fourth-order valence-electron chi connectivity index (χ4n) is 2.49. The van der Waals surface area contributed by atoms with Crippen LogP contribution in [0.3, 0.4) is 0 Å². The first-order chi connectivity index (χ1) is 11.8. The Balaban J connectivity index is 1.90. The van der Waals surface area contributed by atoms with E-state index in [1.807, 2.05) is 6.92 Å². The average molecular weight is 374 g/mol. The minimum Gasteiger partial charge on any atom is -0.337 e. The van der Waals surface area contributed by atoms with Crippen molar-refractivity contribution in [3.8, 4) is 0 Å². The van der Waals surface area contributed by atoms with Gasteiger partial charge in [-0.05, 0) is 43.4 Å².